The third kappa shape index (κ3) is 4.34. The fourth-order valence-corrected chi connectivity index (χ4v) is 3.60. The van der Waals surface area contributed by atoms with E-state index in [1.807, 2.05) is 37.6 Å². The standard InChI is InChI=1S/C21H23N3O2S/c1-14-8-9-15(2)20(10-14)24-16(3)19(12-22-24)23-21(25)18-7-5-6-17(11-18)13-27(4)26/h5-12H,13H2,1-4H3,(H,23,25)/t27-/m0/s1. The fraction of sp³-hybridized carbons (Fsp3) is 0.238. The summed E-state index contributed by atoms with van der Waals surface area (Å²) in [5.41, 5.74) is 6.22. The number of anilines is 1. The molecule has 140 valence electrons. The van der Waals surface area contributed by atoms with Crippen molar-refractivity contribution in [2.75, 3.05) is 11.6 Å². The molecule has 6 heteroatoms. The Kier molecular flexibility index (Phi) is 5.56. The van der Waals surface area contributed by atoms with E-state index in [-0.39, 0.29) is 5.91 Å². The summed E-state index contributed by atoms with van der Waals surface area (Å²) in [6.45, 7) is 6.01. The van der Waals surface area contributed by atoms with Gasteiger partial charge < -0.3 is 5.32 Å². The Morgan fingerprint density at radius 3 is 2.67 bits per heavy atom. The zero-order valence-corrected chi connectivity index (χ0v) is 16.8. The van der Waals surface area contributed by atoms with Crippen molar-refractivity contribution < 1.29 is 9.00 Å². The topological polar surface area (TPSA) is 64.0 Å². The van der Waals surface area contributed by atoms with Crippen LogP contribution in [0.3, 0.4) is 0 Å². The molecule has 1 amide bonds. The lowest BCUT2D eigenvalue weighted by molar-refractivity contribution is 0.102. The summed E-state index contributed by atoms with van der Waals surface area (Å²) in [7, 11) is -0.947. The second-order valence-corrected chi connectivity index (χ2v) is 8.15. The molecule has 0 bridgehead atoms. The van der Waals surface area contributed by atoms with Gasteiger partial charge in [-0.25, -0.2) is 4.68 Å². The van der Waals surface area contributed by atoms with Crippen LogP contribution < -0.4 is 5.32 Å². The quantitative estimate of drug-likeness (QED) is 0.728. The lowest BCUT2D eigenvalue weighted by Crippen LogP contribution is -2.13. The van der Waals surface area contributed by atoms with Crippen LogP contribution in [0.4, 0.5) is 5.69 Å². The molecule has 0 aliphatic heterocycles. The Bertz CT molecular complexity index is 1020. The Balaban J connectivity index is 1.85. The summed E-state index contributed by atoms with van der Waals surface area (Å²) < 4.78 is 13.3. The molecule has 0 saturated heterocycles. The molecule has 1 atom stereocenters. The van der Waals surface area contributed by atoms with Gasteiger partial charge in [-0.15, -0.1) is 0 Å². The van der Waals surface area contributed by atoms with Gasteiger partial charge in [-0.2, -0.15) is 5.10 Å². The zero-order chi connectivity index (χ0) is 19.6. The van der Waals surface area contributed by atoms with E-state index in [1.54, 1.807) is 24.6 Å². The molecule has 0 aliphatic rings. The molecule has 3 aromatic rings. The average molecular weight is 382 g/mol. The number of hydrogen-bond donors (Lipinski definition) is 1. The molecule has 0 aliphatic carbocycles. The molecule has 1 heterocycles. The molecule has 0 spiro atoms. The monoisotopic (exact) mass is 381 g/mol. The summed E-state index contributed by atoms with van der Waals surface area (Å²) in [5.74, 6) is 0.229. The van der Waals surface area contributed by atoms with E-state index in [0.717, 1.165) is 28.1 Å². The smallest absolute Gasteiger partial charge is 0.255 e. The minimum absolute atomic E-state index is 0.206. The zero-order valence-electron chi connectivity index (χ0n) is 15.9. The van der Waals surface area contributed by atoms with Crippen molar-refractivity contribution in [2.24, 2.45) is 0 Å². The number of carbonyl (C=O) groups is 1. The second kappa shape index (κ2) is 7.88. The molecular formula is C21H23N3O2S. The summed E-state index contributed by atoms with van der Waals surface area (Å²) >= 11 is 0. The normalized spacial score (nSPS) is 12.0. The van der Waals surface area contributed by atoms with Gasteiger partial charge in [-0.05, 0) is 55.7 Å². The van der Waals surface area contributed by atoms with E-state index >= 15 is 0 Å². The summed E-state index contributed by atoms with van der Waals surface area (Å²) in [4.78, 5) is 12.6. The lowest BCUT2D eigenvalue weighted by Gasteiger charge is -2.10. The van der Waals surface area contributed by atoms with E-state index in [9.17, 15) is 9.00 Å². The first-order valence-corrected chi connectivity index (χ1v) is 10.4. The number of rotatable bonds is 5. The van der Waals surface area contributed by atoms with Crippen molar-refractivity contribution >= 4 is 22.4 Å². The van der Waals surface area contributed by atoms with Gasteiger partial charge in [-0.3, -0.25) is 9.00 Å². The molecule has 0 saturated carbocycles. The number of aryl methyl sites for hydroxylation is 2. The lowest BCUT2D eigenvalue weighted by atomic mass is 10.1. The number of nitrogens with one attached hydrogen (secondary N) is 1. The number of aromatic nitrogens is 2. The van der Waals surface area contributed by atoms with Crippen molar-refractivity contribution in [2.45, 2.75) is 26.5 Å². The van der Waals surface area contributed by atoms with Crippen LogP contribution in [-0.4, -0.2) is 26.2 Å². The highest BCUT2D eigenvalue weighted by Crippen LogP contribution is 2.22. The number of hydrogen-bond acceptors (Lipinski definition) is 3. The van der Waals surface area contributed by atoms with E-state index in [4.69, 9.17) is 0 Å². The van der Waals surface area contributed by atoms with Crippen molar-refractivity contribution in [3.63, 3.8) is 0 Å². The van der Waals surface area contributed by atoms with Crippen LogP contribution in [0.25, 0.3) is 5.69 Å². The van der Waals surface area contributed by atoms with Gasteiger partial charge in [0.25, 0.3) is 5.91 Å². The number of benzene rings is 2. The third-order valence-corrected chi connectivity index (χ3v) is 5.15. The van der Waals surface area contributed by atoms with Gasteiger partial charge in [0, 0.05) is 28.4 Å². The maximum atomic E-state index is 12.6. The molecule has 0 fully saturated rings. The van der Waals surface area contributed by atoms with Crippen molar-refractivity contribution in [3.8, 4) is 5.69 Å². The second-order valence-electron chi connectivity index (χ2n) is 6.72. The largest absolute Gasteiger partial charge is 0.319 e. The van der Waals surface area contributed by atoms with Crippen LogP contribution in [0.5, 0.6) is 0 Å². The van der Waals surface area contributed by atoms with Crippen LogP contribution in [0.1, 0.15) is 32.7 Å². The Morgan fingerprint density at radius 1 is 1.15 bits per heavy atom. The van der Waals surface area contributed by atoms with E-state index in [0.29, 0.717) is 17.0 Å². The Morgan fingerprint density at radius 2 is 1.93 bits per heavy atom. The summed E-state index contributed by atoms with van der Waals surface area (Å²) in [6, 6.07) is 13.4. The van der Waals surface area contributed by atoms with E-state index in [2.05, 4.69) is 28.6 Å². The minimum Gasteiger partial charge on any atom is -0.319 e. The minimum atomic E-state index is -0.947. The molecule has 1 N–H and O–H groups in total. The molecule has 3 rings (SSSR count). The first-order valence-electron chi connectivity index (χ1n) is 8.67. The molecule has 5 nitrogen and oxygen atoms in total. The molecule has 0 unspecified atom stereocenters. The molecule has 1 aromatic heterocycles. The average Bonchev–Trinajstić information content (AvgIpc) is 2.97. The fourth-order valence-electron chi connectivity index (χ4n) is 2.95. The highest BCUT2D eigenvalue weighted by atomic mass is 32.2. The first-order chi connectivity index (χ1) is 12.8. The first kappa shape index (κ1) is 19.0. The Hall–Kier alpha value is -2.73. The SMILES string of the molecule is Cc1ccc(C)c(-n2ncc(NC(=O)c3cccc(C[S@](C)=O)c3)c2C)c1. The van der Waals surface area contributed by atoms with Gasteiger partial charge in [0.15, 0.2) is 0 Å². The van der Waals surface area contributed by atoms with Crippen LogP contribution >= 0.6 is 0 Å². The van der Waals surface area contributed by atoms with Crippen molar-refractivity contribution in [3.05, 3.63) is 76.6 Å². The molecule has 2 aromatic carbocycles. The van der Waals surface area contributed by atoms with Gasteiger partial charge in [0.05, 0.1) is 23.3 Å². The highest BCUT2D eigenvalue weighted by Gasteiger charge is 2.14. The summed E-state index contributed by atoms with van der Waals surface area (Å²) in [6.07, 6.45) is 3.32. The summed E-state index contributed by atoms with van der Waals surface area (Å²) in [5, 5.41) is 7.39. The number of carbonyl (C=O) groups excluding carboxylic acids is 1. The van der Waals surface area contributed by atoms with Crippen LogP contribution in [0.2, 0.25) is 0 Å². The van der Waals surface area contributed by atoms with Crippen molar-refractivity contribution in [1.82, 2.24) is 9.78 Å². The molecule has 27 heavy (non-hydrogen) atoms. The number of amides is 1. The van der Waals surface area contributed by atoms with Gasteiger partial charge in [0.1, 0.15) is 0 Å². The molecule has 0 radical (unpaired) electrons. The third-order valence-electron chi connectivity index (χ3n) is 4.41. The van der Waals surface area contributed by atoms with Gasteiger partial charge in [-0.1, -0.05) is 24.3 Å². The predicted molar refractivity (Wildman–Crippen MR) is 110 cm³/mol. The highest BCUT2D eigenvalue weighted by molar-refractivity contribution is 7.83. The van der Waals surface area contributed by atoms with Crippen LogP contribution in [-0.2, 0) is 16.6 Å². The maximum Gasteiger partial charge on any atom is 0.255 e. The van der Waals surface area contributed by atoms with E-state index in [1.165, 1.54) is 0 Å². The predicted octanol–water partition coefficient (Wildman–Crippen LogP) is 3.93. The van der Waals surface area contributed by atoms with Crippen LogP contribution in [0.15, 0.2) is 48.7 Å². The van der Waals surface area contributed by atoms with Crippen LogP contribution in [0, 0.1) is 20.8 Å². The maximum absolute atomic E-state index is 12.6. The molecular weight excluding hydrogens is 358 g/mol. The number of nitrogens with zero attached hydrogens (tertiary/aromatic N) is 2. The van der Waals surface area contributed by atoms with E-state index < -0.39 is 10.8 Å². The van der Waals surface area contributed by atoms with Crippen molar-refractivity contribution in [1.29, 1.82) is 0 Å². The van der Waals surface area contributed by atoms with Gasteiger partial charge in [0.2, 0.25) is 0 Å². The van der Waals surface area contributed by atoms with Gasteiger partial charge >= 0.3 is 0 Å². The Labute approximate surface area is 161 Å².